The number of benzene rings is 3. The van der Waals surface area contributed by atoms with E-state index in [9.17, 15) is 0 Å². The predicted octanol–water partition coefficient (Wildman–Crippen LogP) is 5.65. The molecule has 0 radical (unpaired) electrons. The van der Waals surface area contributed by atoms with Gasteiger partial charge in [0.15, 0.2) is 0 Å². The van der Waals surface area contributed by atoms with Gasteiger partial charge in [-0.05, 0) is 47.7 Å². The van der Waals surface area contributed by atoms with Crippen molar-refractivity contribution in [2.45, 2.75) is 31.7 Å². The van der Waals surface area contributed by atoms with Crippen molar-refractivity contribution in [1.29, 1.82) is 0 Å². The van der Waals surface area contributed by atoms with E-state index in [1.54, 1.807) is 5.19 Å². The van der Waals surface area contributed by atoms with Gasteiger partial charge < -0.3 is 0 Å². The summed E-state index contributed by atoms with van der Waals surface area (Å²) in [7, 11) is -0.277. The first-order valence-electron chi connectivity index (χ1n) is 10.3. The van der Waals surface area contributed by atoms with Crippen LogP contribution in [0.1, 0.15) is 53.5 Å². The van der Waals surface area contributed by atoms with Crippen molar-refractivity contribution in [3.8, 4) is 0 Å². The van der Waals surface area contributed by atoms with E-state index in [1.165, 1.54) is 45.0 Å². The van der Waals surface area contributed by atoms with Gasteiger partial charge in [-0.25, -0.2) is 0 Å². The van der Waals surface area contributed by atoms with Gasteiger partial charge in [-0.15, -0.1) is 0 Å². The van der Waals surface area contributed by atoms with Crippen molar-refractivity contribution in [2.75, 3.05) is 0 Å². The number of fused-ring (bicyclic) bond motifs is 2. The molecule has 1 heteroatoms. The van der Waals surface area contributed by atoms with Crippen LogP contribution in [0.5, 0.6) is 0 Å². The highest BCUT2D eigenvalue weighted by Gasteiger charge is 2.24. The van der Waals surface area contributed by atoms with Crippen LogP contribution in [0, 0.1) is 0 Å². The lowest BCUT2D eigenvalue weighted by atomic mass is 9.89. The highest BCUT2D eigenvalue weighted by molar-refractivity contribution is 6.53. The maximum absolute atomic E-state index is 2.40. The van der Waals surface area contributed by atoms with Crippen LogP contribution in [0.2, 0.25) is 6.04 Å². The Balaban J connectivity index is 1.32. The SMILES string of the molecule is CC1=Cc2ccccc2C1C[SiH2]c1ccc(C2C(C)=Cc3ccccc32)cc1. The first kappa shape index (κ1) is 17.5. The summed E-state index contributed by atoms with van der Waals surface area (Å²) in [6.07, 6.45) is 4.72. The van der Waals surface area contributed by atoms with Gasteiger partial charge in [0, 0.05) is 11.8 Å². The quantitative estimate of drug-likeness (QED) is 0.515. The Morgan fingerprint density at radius 3 is 2.04 bits per heavy atom. The molecule has 2 aliphatic rings. The Morgan fingerprint density at radius 1 is 0.679 bits per heavy atom. The molecule has 0 saturated heterocycles. The van der Waals surface area contributed by atoms with Gasteiger partial charge in [0.25, 0.3) is 0 Å². The molecule has 0 aromatic heterocycles. The Kier molecular flexibility index (Phi) is 4.41. The van der Waals surface area contributed by atoms with Crippen molar-refractivity contribution in [3.63, 3.8) is 0 Å². The van der Waals surface area contributed by atoms with Gasteiger partial charge in [-0.3, -0.25) is 0 Å². The molecule has 0 heterocycles. The first-order chi connectivity index (χ1) is 13.7. The minimum Gasteiger partial charge on any atom is -0.0669 e. The zero-order valence-electron chi connectivity index (χ0n) is 16.7. The molecule has 28 heavy (non-hydrogen) atoms. The maximum Gasteiger partial charge on any atom is 0.0556 e. The molecular formula is C27H26Si. The van der Waals surface area contributed by atoms with Crippen LogP contribution >= 0.6 is 0 Å². The average Bonchev–Trinajstić information content (AvgIpc) is 3.22. The van der Waals surface area contributed by atoms with E-state index in [1.807, 2.05) is 0 Å². The minimum absolute atomic E-state index is 0.277. The molecule has 0 aliphatic heterocycles. The smallest absolute Gasteiger partial charge is 0.0556 e. The third-order valence-electron chi connectivity index (χ3n) is 6.48. The molecule has 0 bridgehead atoms. The summed E-state index contributed by atoms with van der Waals surface area (Å²) in [5.41, 5.74) is 10.2. The van der Waals surface area contributed by atoms with Gasteiger partial charge in [0.1, 0.15) is 0 Å². The van der Waals surface area contributed by atoms with Crippen molar-refractivity contribution in [1.82, 2.24) is 0 Å². The molecule has 138 valence electrons. The van der Waals surface area contributed by atoms with Crippen LogP contribution in [-0.4, -0.2) is 9.52 Å². The van der Waals surface area contributed by atoms with Crippen LogP contribution < -0.4 is 5.19 Å². The third-order valence-corrected chi connectivity index (χ3v) is 8.40. The summed E-state index contributed by atoms with van der Waals surface area (Å²) in [5.74, 6) is 1.06. The molecule has 5 rings (SSSR count). The van der Waals surface area contributed by atoms with Gasteiger partial charge in [-0.1, -0.05) is 101 Å². The summed E-state index contributed by atoms with van der Waals surface area (Å²) in [6.45, 7) is 4.56. The summed E-state index contributed by atoms with van der Waals surface area (Å²) in [4.78, 5) is 0. The Hall–Kier alpha value is -2.64. The van der Waals surface area contributed by atoms with Crippen molar-refractivity contribution < 1.29 is 0 Å². The van der Waals surface area contributed by atoms with E-state index >= 15 is 0 Å². The molecule has 2 atom stereocenters. The fourth-order valence-electron chi connectivity index (χ4n) is 5.04. The summed E-state index contributed by atoms with van der Waals surface area (Å²) < 4.78 is 0. The summed E-state index contributed by atoms with van der Waals surface area (Å²) in [5, 5.41) is 1.58. The van der Waals surface area contributed by atoms with Crippen molar-refractivity contribution in [3.05, 3.63) is 112 Å². The average molecular weight is 379 g/mol. The largest absolute Gasteiger partial charge is 0.0669 e. The lowest BCUT2D eigenvalue weighted by Crippen LogP contribution is -2.16. The first-order valence-corrected chi connectivity index (χ1v) is 12.0. The molecule has 0 fully saturated rings. The molecule has 2 unspecified atom stereocenters. The molecule has 0 nitrogen and oxygen atoms in total. The highest BCUT2D eigenvalue weighted by Crippen LogP contribution is 2.40. The fourth-order valence-corrected chi connectivity index (χ4v) is 7.00. The molecule has 3 aromatic carbocycles. The lowest BCUT2D eigenvalue weighted by Gasteiger charge is -2.17. The zero-order chi connectivity index (χ0) is 19.1. The standard InChI is InChI=1S/C27H26Si/c1-18-15-21-7-3-5-9-24(21)26(18)17-28-23-13-11-20(12-14-23)27-19(2)16-22-8-4-6-10-25(22)27/h3-16,26-27H,17,28H2,1-2H3. The monoisotopic (exact) mass is 378 g/mol. The molecule has 0 spiro atoms. The Morgan fingerprint density at radius 2 is 1.29 bits per heavy atom. The Bertz CT molecular complexity index is 1090. The lowest BCUT2D eigenvalue weighted by molar-refractivity contribution is 0.915. The summed E-state index contributed by atoms with van der Waals surface area (Å²) in [6, 6.07) is 28.6. The second-order valence-corrected chi connectivity index (χ2v) is 10.2. The fraction of sp³-hybridized carbons (Fsp3) is 0.185. The number of rotatable bonds is 4. The Labute approximate surface area is 170 Å². The molecule has 0 amide bonds. The second kappa shape index (κ2) is 7.07. The molecule has 0 saturated carbocycles. The van der Waals surface area contributed by atoms with Crippen LogP contribution in [0.3, 0.4) is 0 Å². The van der Waals surface area contributed by atoms with Crippen LogP contribution in [0.4, 0.5) is 0 Å². The third kappa shape index (κ3) is 3.00. The minimum atomic E-state index is -0.277. The van der Waals surface area contributed by atoms with Crippen LogP contribution in [-0.2, 0) is 0 Å². The normalized spacial score (nSPS) is 20.2. The van der Waals surface area contributed by atoms with Crippen molar-refractivity contribution in [2.24, 2.45) is 0 Å². The zero-order valence-corrected chi connectivity index (χ0v) is 18.1. The number of hydrogen-bond acceptors (Lipinski definition) is 0. The molecule has 3 aromatic rings. The van der Waals surface area contributed by atoms with Gasteiger partial charge in [0.2, 0.25) is 0 Å². The van der Waals surface area contributed by atoms with E-state index in [-0.39, 0.29) is 9.52 Å². The highest BCUT2D eigenvalue weighted by atomic mass is 28.2. The van der Waals surface area contributed by atoms with E-state index < -0.39 is 0 Å². The maximum atomic E-state index is 2.40. The van der Waals surface area contributed by atoms with E-state index in [4.69, 9.17) is 0 Å². The molecular weight excluding hydrogens is 352 g/mol. The van der Waals surface area contributed by atoms with E-state index in [0.29, 0.717) is 11.8 Å². The predicted molar refractivity (Wildman–Crippen MR) is 124 cm³/mol. The number of allylic oxidation sites excluding steroid dienone is 2. The van der Waals surface area contributed by atoms with E-state index in [2.05, 4.69) is 98.8 Å². The van der Waals surface area contributed by atoms with Crippen molar-refractivity contribution >= 4 is 26.9 Å². The molecule has 0 N–H and O–H groups in total. The van der Waals surface area contributed by atoms with Gasteiger partial charge in [-0.2, -0.15) is 0 Å². The summed E-state index contributed by atoms with van der Waals surface area (Å²) >= 11 is 0. The topological polar surface area (TPSA) is 0 Å². The number of hydrogen-bond donors (Lipinski definition) is 0. The second-order valence-electron chi connectivity index (χ2n) is 8.30. The molecule has 2 aliphatic carbocycles. The van der Waals surface area contributed by atoms with Gasteiger partial charge >= 0.3 is 0 Å². The van der Waals surface area contributed by atoms with Gasteiger partial charge in [0.05, 0.1) is 9.52 Å². The van der Waals surface area contributed by atoms with Crippen LogP contribution in [0.25, 0.3) is 12.2 Å². The van der Waals surface area contributed by atoms with E-state index in [0.717, 1.165) is 0 Å². The van der Waals surface area contributed by atoms with Crippen LogP contribution in [0.15, 0.2) is 83.9 Å².